The third-order valence-corrected chi connectivity index (χ3v) is 8.02. The van der Waals surface area contributed by atoms with Crippen LogP contribution in [0.2, 0.25) is 0 Å². The number of carbonyl (C=O) groups is 2. The lowest BCUT2D eigenvalue weighted by atomic mass is 9.96. The monoisotopic (exact) mass is 442 g/mol. The first-order valence-electron chi connectivity index (χ1n) is 10.5. The number of ether oxygens (including phenoxy) is 1. The van der Waals surface area contributed by atoms with Crippen molar-refractivity contribution in [2.24, 2.45) is 0 Å². The first-order valence-corrected chi connectivity index (χ1v) is 12.0. The van der Waals surface area contributed by atoms with Gasteiger partial charge in [0.05, 0.1) is 17.7 Å². The summed E-state index contributed by atoms with van der Waals surface area (Å²) >= 11 is 0. The highest BCUT2D eigenvalue weighted by molar-refractivity contribution is 7.89. The van der Waals surface area contributed by atoms with E-state index in [9.17, 15) is 18.0 Å². The topological polar surface area (TPSA) is 92.8 Å². The summed E-state index contributed by atoms with van der Waals surface area (Å²) in [5, 5.41) is 2.71. The molecule has 31 heavy (non-hydrogen) atoms. The maximum absolute atomic E-state index is 13.3. The molecule has 0 bridgehead atoms. The summed E-state index contributed by atoms with van der Waals surface area (Å²) in [5.41, 5.74) is 1.35. The van der Waals surface area contributed by atoms with E-state index in [2.05, 4.69) is 5.32 Å². The van der Waals surface area contributed by atoms with Crippen LogP contribution in [0.25, 0.3) is 0 Å². The molecule has 7 nitrogen and oxygen atoms in total. The van der Waals surface area contributed by atoms with Gasteiger partial charge in [-0.1, -0.05) is 49.6 Å². The van der Waals surface area contributed by atoms with E-state index in [0.717, 1.165) is 32.1 Å². The van der Waals surface area contributed by atoms with Crippen LogP contribution in [-0.2, 0) is 19.6 Å². The summed E-state index contributed by atoms with van der Waals surface area (Å²) in [6.07, 6.45) is 4.08. The maximum Gasteiger partial charge on any atom is 0.339 e. The first kappa shape index (κ1) is 21.5. The molecule has 1 amide bonds. The Bertz CT molecular complexity index is 1090. The number of hydrogen-bond acceptors (Lipinski definition) is 5. The minimum Gasteiger partial charge on any atom is -0.453 e. The average Bonchev–Trinajstić information content (AvgIpc) is 3.09. The summed E-state index contributed by atoms with van der Waals surface area (Å²) in [6.45, 7) is 0. The van der Waals surface area contributed by atoms with Gasteiger partial charge < -0.3 is 10.1 Å². The first-order chi connectivity index (χ1) is 14.9. The average molecular weight is 443 g/mol. The molecule has 8 heteroatoms. The van der Waals surface area contributed by atoms with Crippen LogP contribution in [0.4, 0.5) is 5.69 Å². The van der Waals surface area contributed by atoms with Gasteiger partial charge in [0.15, 0.2) is 0 Å². The quantitative estimate of drug-likeness (QED) is 0.686. The Kier molecular flexibility index (Phi) is 6.11. The van der Waals surface area contributed by atoms with E-state index in [1.807, 2.05) is 0 Å². The molecule has 0 radical (unpaired) electrons. The van der Waals surface area contributed by atoms with E-state index in [1.54, 1.807) is 49.5 Å². The summed E-state index contributed by atoms with van der Waals surface area (Å²) in [5.74, 6) is -0.872. The van der Waals surface area contributed by atoms with Crippen molar-refractivity contribution in [2.75, 3.05) is 12.4 Å². The highest BCUT2D eigenvalue weighted by Crippen LogP contribution is 2.34. The number of benzene rings is 2. The fraction of sp³-hybridized carbons (Fsp3) is 0.391. The van der Waals surface area contributed by atoms with Crippen LogP contribution in [0, 0.1) is 0 Å². The van der Waals surface area contributed by atoms with Crippen molar-refractivity contribution >= 4 is 27.6 Å². The van der Waals surface area contributed by atoms with E-state index >= 15 is 0 Å². The van der Waals surface area contributed by atoms with Crippen LogP contribution in [0.5, 0.6) is 0 Å². The number of sulfonamides is 1. The van der Waals surface area contributed by atoms with E-state index < -0.39 is 28.0 Å². The summed E-state index contributed by atoms with van der Waals surface area (Å²) in [7, 11) is -2.16. The molecule has 1 saturated carbocycles. The number of anilines is 1. The van der Waals surface area contributed by atoms with E-state index in [0.29, 0.717) is 11.1 Å². The van der Waals surface area contributed by atoms with Crippen molar-refractivity contribution in [2.45, 2.75) is 55.6 Å². The zero-order chi connectivity index (χ0) is 22.0. The predicted octanol–water partition coefficient (Wildman–Crippen LogP) is 3.88. The molecule has 0 saturated heterocycles. The molecule has 1 aliphatic carbocycles. The van der Waals surface area contributed by atoms with Gasteiger partial charge >= 0.3 is 5.97 Å². The molecular formula is C23H26N2O5S. The zero-order valence-corrected chi connectivity index (χ0v) is 18.2. The molecule has 1 aliphatic heterocycles. The number of nitrogens with zero attached hydrogens (tertiary/aromatic N) is 1. The van der Waals surface area contributed by atoms with Crippen LogP contribution in [0.1, 0.15) is 60.6 Å². The molecule has 2 aromatic carbocycles. The molecular weight excluding hydrogens is 416 g/mol. The van der Waals surface area contributed by atoms with Crippen molar-refractivity contribution in [3.05, 3.63) is 59.7 Å². The van der Waals surface area contributed by atoms with E-state index in [1.165, 1.54) is 10.4 Å². The number of nitrogens with one attached hydrogen (secondary N) is 1. The summed E-state index contributed by atoms with van der Waals surface area (Å²) in [6, 6.07) is 13.3. The fourth-order valence-corrected chi connectivity index (χ4v) is 5.89. The summed E-state index contributed by atoms with van der Waals surface area (Å²) in [4.78, 5) is 24.8. The van der Waals surface area contributed by atoms with Gasteiger partial charge in [0.2, 0.25) is 15.9 Å². The highest BCUT2D eigenvalue weighted by Gasteiger charge is 2.33. The van der Waals surface area contributed by atoms with Gasteiger partial charge in [-0.05, 0) is 31.0 Å². The molecule has 4 rings (SSSR count). The molecule has 0 spiro atoms. The largest absolute Gasteiger partial charge is 0.453 e. The Morgan fingerprint density at radius 2 is 1.74 bits per heavy atom. The molecule has 2 aromatic rings. The van der Waals surface area contributed by atoms with E-state index in [-0.39, 0.29) is 23.0 Å². The predicted molar refractivity (Wildman–Crippen MR) is 116 cm³/mol. The Morgan fingerprint density at radius 3 is 2.52 bits per heavy atom. The number of carbonyl (C=O) groups excluding carboxylic acids is 2. The van der Waals surface area contributed by atoms with E-state index in [4.69, 9.17) is 4.74 Å². The van der Waals surface area contributed by atoms with Crippen molar-refractivity contribution in [3.8, 4) is 0 Å². The Labute approximate surface area is 182 Å². The Balaban J connectivity index is 1.51. The van der Waals surface area contributed by atoms with Gasteiger partial charge in [-0.3, -0.25) is 4.79 Å². The van der Waals surface area contributed by atoms with Gasteiger partial charge in [0.1, 0.15) is 11.0 Å². The van der Waals surface area contributed by atoms with Crippen LogP contribution in [0.15, 0.2) is 53.4 Å². The lowest BCUT2D eigenvalue weighted by Crippen LogP contribution is -2.38. The van der Waals surface area contributed by atoms with Crippen molar-refractivity contribution < 1.29 is 22.7 Å². The fourth-order valence-electron chi connectivity index (χ4n) is 4.33. The smallest absolute Gasteiger partial charge is 0.339 e. The van der Waals surface area contributed by atoms with Crippen molar-refractivity contribution in [1.82, 2.24) is 4.31 Å². The number of rotatable bonds is 6. The van der Waals surface area contributed by atoms with Gasteiger partial charge in [-0.25, -0.2) is 13.2 Å². The second kappa shape index (κ2) is 8.80. The van der Waals surface area contributed by atoms with Crippen LogP contribution in [-0.4, -0.2) is 37.7 Å². The van der Waals surface area contributed by atoms with Crippen LogP contribution >= 0.6 is 0 Å². The summed E-state index contributed by atoms with van der Waals surface area (Å²) < 4.78 is 33.3. The second-order valence-corrected chi connectivity index (χ2v) is 10.0. The standard InChI is InChI=1S/C23H26N2O5S/c1-25(16-9-3-2-4-10-16)31(28,29)21-14-8-7-13-19(21)24-22(26)15-20-17-11-5-6-12-18(17)23(27)30-20/h5-8,11-14,16,20H,2-4,9-10,15H2,1H3,(H,24,26)/t20-/m1/s1. The second-order valence-electron chi connectivity index (χ2n) is 8.04. The minimum absolute atomic E-state index is 0.0306. The number of hydrogen-bond donors (Lipinski definition) is 1. The number of fused-ring (bicyclic) bond motifs is 1. The SMILES string of the molecule is CN(C1CCCCC1)S(=O)(=O)c1ccccc1NC(=O)C[C@H]1OC(=O)c2ccccc21. The lowest BCUT2D eigenvalue weighted by Gasteiger charge is -2.31. The molecule has 1 heterocycles. The molecule has 2 aliphatic rings. The number of cyclic esters (lactones) is 1. The van der Waals surface area contributed by atoms with Crippen molar-refractivity contribution in [3.63, 3.8) is 0 Å². The zero-order valence-electron chi connectivity index (χ0n) is 17.4. The molecule has 164 valence electrons. The van der Waals surface area contributed by atoms with Crippen molar-refractivity contribution in [1.29, 1.82) is 0 Å². The molecule has 1 N–H and O–H groups in total. The van der Waals surface area contributed by atoms with Gasteiger partial charge in [0, 0.05) is 18.7 Å². The van der Waals surface area contributed by atoms with Gasteiger partial charge in [-0.2, -0.15) is 4.31 Å². The van der Waals surface area contributed by atoms with Crippen LogP contribution < -0.4 is 5.32 Å². The van der Waals surface area contributed by atoms with Gasteiger partial charge in [-0.15, -0.1) is 0 Å². The lowest BCUT2D eigenvalue weighted by molar-refractivity contribution is -0.118. The third-order valence-electron chi connectivity index (χ3n) is 6.05. The third kappa shape index (κ3) is 4.36. The van der Waals surface area contributed by atoms with Gasteiger partial charge in [0.25, 0.3) is 0 Å². The molecule has 0 unspecified atom stereocenters. The molecule has 1 fully saturated rings. The number of esters is 1. The minimum atomic E-state index is -3.77. The Morgan fingerprint density at radius 1 is 1.06 bits per heavy atom. The maximum atomic E-state index is 13.3. The molecule has 0 aromatic heterocycles. The molecule has 1 atom stereocenters. The highest BCUT2D eigenvalue weighted by atomic mass is 32.2. The number of amides is 1. The van der Waals surface area contributed by atoms with Crippen LogP contribution in [0.3, 0.4) is 0 Å². The Hall–Kier alpha value is -2.71. The normalized spacial score (nSPS) is 19.2. The number of para-hydroxylation sites is 1.